The van der Waals surface area contributed by atoms with Crippen LogP contribution >= 0.6 is 0 Å². The predicted octanol–water partition coefficient (Wildman–Crippen LogP) is 2.16. The molecule has 3 aromatic heterocycles. The Morgan fingerprint density at radius 3 is 2.53 bits per heavy atom. The van der Waals surface area contributed by atoms with Crippen molar-refractivity contribution in [2.75, 3.05) is 25.0 Å². The van der Waals surface area contributed by atoms with Crippen LogP contribution in [-0.2, 0) is 18.4 Å². The number of piperidine rings is 1. The molecule has 5 heterocycles. The molecule has 34 heavy (non-hydrogen) atoms. The van der Waals surface area contributed by atoms with Crippen molar-refractivity contribution in [3.8, 4) is 11.3 Å². The van der Waals surface area contributed by atoms with Crippen LogP contribution in [0.1, 0.15) is 32.3 Å². The maximum Gasteiger partial charge on any atom is 0.324 e. The van der Waals surface area contributed by atoms with Crippen LogP contribution in [-0.4, -0.2) is 78.4 Å². The Bertz CT molecular complexity index is 1270. The van der Waals surface area contributed by atoms with E-state index in [1.165, 1.54) is 13.8 Å². The number of likely N-dealkylation sites (tertiary alicyclic amines) is 1. The van der Waals surface area contributed by atoms with Gasteiger partial charge in [0.25, 0.3) is 5.91 Å². The molecule has 10 nitrogen and oxygen atoms in total. The Morgan fingerprint density at radius 2 is 1.88 bits per heavy atom. The first-order chi connectivity index (χ1) is 16.1. The van der Waals surface area contributed by atoms with Gasteiger partial charge in [0.2, 0.25) is 0 Å². The number of fused-ring (bicyclic) bond motifs is 3. The lowest BCUT2D eigenvalue weighted by molar-refractivity contribution is -0.148. The minimum Gasteiger partial charge on any atom is -0.381 e. The normalized spacial score (nSPS) is 17.4. The van der Waals surface area contributed by atoms with Crippen LogP contribution in [0.25, 0.3) is 22.3 Å². The van der Waals surface area contributed by atoms with Crippen molar-refractivity contribution in [1.82, 2.24) is 29.5 Å². The van der Waals surface area contributed by atoms with Gasteiger partial charge in [-0.15, -0.1) is 0 Å². The Morgan fingerprint density at radius 1 is 1.15 bits per heavy atom. The third-order valence-corrected chi connectivity index (χ3v) is 6.58. The smallest absolute Gasteiger partial charge is 0.324 e. The molecule has 0 atom stereocenters. The number of anilines is 1. The monoisotopic (exact) mass is 463 g/mol. The number of aryl methyl sites for hydroxylation is 1. The second kappa shape index (κ2) is 8.05. The van der Waals surface area contributed by atoms with E-state index in [2.05, 4.69) is 10.1 Å². The van der Waals surface area contributed by atoms with E-state index in [1.807, 2.05) is 36.5 Å². The predicted molar refractivity (Wildman–Crippen MR) is 127 cm³/mol. The number of aliphatic hydroxyl groups is 1. The molecule has 1 saturated heterocycles. The quantitative estimate of drug-likeness (QED) is 0.638. The molecule has 2 aliphatic heterocycles. The average molecular weight is 464 g/mol. The maximum absolute atomic E-state index is 13.4. The van der Waals surface area contributed by atoms with Crippen LogP contribution in [0.5, 0.6) is 0 Å². The summed E-state index contributed by atoms with van der Waals surface area (Å²) in [5.41, 5.74) is 3.42. The molecule has 3 aromatic rings. The number of hydrogen-bond donors (Lipinski definition) is 1. The Labute approximate surface area is 197 Å². The molecule has 0 unspecified atom stereocenters. The lowest BCUT2D eigenvalue weighted by Crippen LogP contribution is -2.56. The number of urea groups is 1. The molecule has 1 fully saturated rings. The number of amides is 3. The summed E-state index contributed by atoms with van der Waals surface area (Å²) in [6.07, 6.45) is 6.73. The lowest BCUT2D eigenvalue weighted by Gasteiger charge is -2.43. The molecule has 0 aromatic carbocycles. The lowest BCUT2D eigenvalue weighted by atomic mass is 9.98. The van der Waals surface area contributed by atoms with Gasteiger partial charge in [-0.2, -0.15) is 5.10 Å². The van der Waals surface area contributed by atoms with E-state index >= 15 is 0 Å². The Balaban J connectivity index is 1.54. The summed E-state index contributed by atoms with van der Waals surface area (Å²) in [6, 6.07) is 3.67. The fraction of sp³-hybridized carbons (Fsp3) is 0.458. The molecule has 0 saturated carbocycles. The molecule has 0 radical (unpaired) electrons. The fourth-order valence-corrected chi connectivity index (χ4v) is 4.85. The van der Waals surface area contributed by atoms with Crippen molar-refractivity contribution >= 4 is 28.7 Å². The number of carbonyl (C=O) groups excluding carboxylic acids is 2. The summed E-state index contributed by atoms with van der Waals surface area (Å²) in [5, 5.41) is 14.4. The molecule has 1 N–H and O–H groups in total. The first kappa shape index (κ1) is 22.3. The van der Waals surface area contributed by atoms with E-state index in [1.54, 1.807) is 27.7 Å². The van der Waals surface area contributed by atoms with Gasteiger partial charge in [0.15, 0.2) is 0 Å². The fourth-order valence-electron chi connectivity index (χ4n) is 4.85. The topological polar surface area (TPSA) is 108 Å². The highest BCUT2D eigenvalue weighted by atomic mass is 16.3. The van der Waals surface area contributed by atoms with E-state index in [0.717, 1.165) is 28.0 Å². The number of nitrogens with zero attached hydrogens (tertiary/aromatic N) is 7. The first-order valence-corrected chi connectivity index (χ1v) is 11.5. The molecule has 178 valence electrons. The summed E-state index contributed by atoms with van der Waals surface area (Å²) >= 11 is 0. The molecule has 0 aliphatic carbocycles. The number of rotatable bonds is 3. The van der Waals surface area contributed by atoms with Crippen molar-refractivity contribution in [3.63, 3.8) is 0 Å². The number of carbonyl (C=O) groups is 2. The molecule has 0 bridgehead atoms. The first-order valence-electron chi connectivity index (χ1n) is 11.5. The molecular weight excluding hydrogens is 434 g/mol. The molecule has 2 aliphatic rings. The summed E-state index contributed by atoms with van der Waals surface area (Å²) in [7, 11) is 3.65. The molecule has 0 spiro atoms. The molecular formula is C24H29N7O3. The van der Waals surface area contributed by atoms with Crippen molar-refractivity contribution in [2.24, 2.45) is 7.05 Å². The zero-order valence-electron chi connectivity index (χ0n) is 19.9. The van der Waals surface area contributed by atoms with Gasteiger partial charge in [0.1, 0.15) is 11.1 Å². The summed E-state index contributed by atoms with van der Waals surface area (Å²) in [6.45, 7) is 4.43. The highest BCUT2D eigenvalue weighted by Gasteiger charge is 2.39. The van der Waals surface area contributed by atoms with Crippen LogP contribution < -0.4 is 4.90 Å². The van der Waals surface area contributed by atoms with Gasteiger partial charge in [-0.3, -0.25) is 19.4 Å². The van der Waals surface area contributed by atoms with Crippen LogP contribution in [0, 0.1) is 0 Å². The van der Waals surface area contributed by atoms with Crippen LogP contribution in [0.3, 0.4) is 0 Å². The number of hydrogen-bond acceptors (Lipinski definition) is 6. The summed E-state index contributed by atoms with van der Waals surface area (Å²) in [4.78, 5) is 40.7. The minimum absolute atomic E-state index is 0.0826. The van der Waals surface area contributed by atoms with E-state index < -0.39 is 5.60 Å². The van der Waals surface area contributed by atoms with Gasteiger partial charge < -0.3 is 14.9 Å². The second-order valence-electron chi connectivity index (χ2n) is 9.69. The van der Waals surface area contributed by atoms with Gasteiger partial charge in [0, 0.05) is 56.7 Å². The van der Waals surface area contributed by atoms with Crippen molar-refractivity contribution in [1.29, 1.82) is 0 Å². The van der Waals surface area contributed by atoms with E-state index in [0.29, 0.717) is 38.0 Å². The largest absolute Gasteiger partial charge is 0.381 e. The zero-order valence-corrected chi connectivity index (χ0v) is 19.9. The average Bonchev–Trinajstić information content (AvgIpc) is 3.25. The Kier molecular flexibility index (Phi) is 5.27. The summed E-state index contributed by atoms with van der Waals surface area (Å²) in [5.74, 6) is -0.286. The highest BCUT2D eigenvalue weighted by molar-refractivity contribution is 6.04. The second-order valence-corrected chi connectivity index (χ2v) is 9.69. The van der Waals surface area contributed by atoms with Crippen molar-refractivity contribution < 1.29 is 14.7 Å². The highest BCUT2D eigenvalue weighted by Crippen LogP contribution is 2.37. The van der Waals surface area contributed by atoms with E-state index in [9.17, 15) is 14.7 Å². The summed E-state index contributed by atoms with van der Waals surface area (Å²) < 4.78 is 1.73. The standard InChI is InChI=1S/C24H29N7O3/c1-24(2,34)22(32)30-9-7-17(8-10-30)31-21-16(13-28(3)23(31)33)11-25-19-6-5-18(27-20(19)21)15-12-26-29(4)14-15/h5-6,11-12,14,17,34H,7-10,13H2,1-4H3. The molecule has 3 amide bonds. The third-order valence-electron chi connectivity index (χ3n) is 6.58. The van der Waals surface area contributed by atoms with E-state index in [4.69, 9.17) is 4.98 Å². The van der Waals surface area contributed by atoms with Crippen LogP contribution in [0.15, 0.2) is 30.7 Å². The van der Waals surface area contributed by atoms with Gasteiger partial charge in [0.05, 0.1) is 29.6 Å². The van der Waals surface area contributed by atoms with Gasteiger partial charge in [-0.25, -0.2) is 9.78 Å². The van der Waals surface area contributed by atoms with E-state index in [-0.39, 0.29) is 18.0 Å². The maximum atomic E-state index is 13.4. The van der Waals surface area contributed by atoms with Crippen LogP contribution in [0.2, 0.25) is 0 Å². The van der Waals surface area contributed by atoms with Crippen molar-refractivity contribution in [3.05, 3.63) is 36.3 Å². The zero-order chi connectivity index (χ0) is 24.2. The Hall–Kier alpha value is -3.53. The SMILES string of the molecule is CN1Cc2cnc3ccc(-c4cnn(C)c4)nc3c2N(C2CCN(C(=O)C(C)(C)O)CC2)C1=O. The number of pyridine rings is 2. The van der Waals surface area contributed by atoms with Crippen molar-refractivity contribution in [2.45, 2.75) is 44.9 Å². The van der Waals surface area contributed by atoms with Crippen LogP contribution in [0.4, 0.5) is 10.5 Å². The molecule has 10 heteroatoms. The minimum atomic E-state index is -1.41. The molecule has 5 rings (SSSR count). The number of aromatic nitrogens is 4. The van der Waals surface area contributed by atoms with Gasteiger partial charge in [-0.1, -0.05) is 0 Å². The van der Waals surface area contributed by atoms with Gasteiger partial charge in [-0.05, 0) is 38.8 Å². The third kappa shape index (κ3) is 3.77. The van der Waals surface area contributed by atoms with Gasteiger partial charge >= 0.3 is 6.03 Å².